The number of methoxy groups -OCH3 is 1. The van der Waals surface area contributed by atoms with Gasteiger partial charge in [-0.25, -0.2) is 14.2 Å². The van der Waals surface area contributed by atoms with Crippen LogP contribution in [0.1, 0.15) is 18.5 Å². The standard InChI is InChI=1S/C22H23FN4O2/c1-24-22(28)27-10-3-4-14(8-11-27)19-13-18-16(7-9-25-21(18)26-19)17-12-15(23)5-6-20(17)29-2/h4-7,9,12-13H,3,8,10-11H2,1-2H3,(H,24,28)(H,25,26). The van der Waals surface area contributed by atoms with Crippen molar-refractivity contribution >= 4 is 22.6 Å². The van der Waals surface area contributed by atoms with Crippen LogP contribution in [0.15, 0.2) is 42.6 Å². The number of aromatic nitrogens is 2. The van der Waals surface area contributed by atoms with E-state index in [-0.39, 0.29) is 11.8 Å². The fourth-order valence-corrected chi connectivity index (χ4v) is 3.80. The fraction of sp³-hybridized carbons (Fsp3) is 0.273. The molecule has 3 heterocycles. The summed E-state index contributed by atoms with van der Waals surface area (Å²) in [6.45, 7) is 1.34. The number of fused-ring (bicyclic) bond motifs is 1. The summed E-state index contributed by atoms with van der Waals surface area (Å²) >= 11 is 0. The van der Waals surface area contributed by atoms with Gasteiger partial charge in [-0.3, -0.25) is 0 Å². The van der Waals surface area contributed by atoms with Crippen LogP contribution in [-0.4, -0.2) is 48.1 Å². The highest BCUT2D eigenvalue weighted by Crippen LogP contribution is 2.36. The molecule has 0 saturated heterocycles. The van der Waals surface area contributed by atoms with Crippen molar-refractivity contribution in [3.63, 3.8) is 0 Å². The monoisotopic (exact) mass is 394 g/mol. The molecule has 0 saturated carbocycles. The predicted molar refractivity (Wildman–Crippen MR) is 111 cm³/mol. The molecule has 2 N–H and O–H groups in total. The van der Waals surface area contributed by atoms with E-state index in [1.54, 1.807) is 26.4 Å². The van der Waals surface area contributed by atoms with Crippen molar-refractivity contribution in [3.8, 4) is 16.9 Å². The molecule has 0 bridgehead atoms. The van der Waals surface area contributed by atoms with E-state index in [9.17, 15) is 9.18 Å². The number of carbonyl (C=O) groups is 1. The number of benzene rings is 1. The smallest absolute Gasteiger partial charge is 0.317 e. The third-order valence-corrected chi connectivity index (χ3v) is 5.27. The Hall–Kier alpha value is -3.35. The van der Waals surface area contributed by atoms with E-state index < -0.39 is 0 Å². The first-order chi connectivity index (χ1) is 14.1. The lowest BCUT2D eigenvalue weighted by Crippen LogP contribution is -2.38. The molecule has 7 heteroatoms. The molecule has 0 spiro atoms. The molecule has 150 valence electrons. The van der Waals surface area contributed by atoms with E-state index in [2.05, 4.69) is 21.4 Å². The van der Waals surface area contributed by atoms with Crippen LogP contribution < -0.4 is 10.1 Å². The van der Waals surface area contributed by atoms with Crippen molar-refractivity contribution in [1.82, 2.24) is 20.2 Å². The van der Waals surface area contributed by atoms with Crippen LogP contribution in [0, 0.1) is 5.82 Å². The van der Waals surface area contributed by atoms with E-state index in [4.69, 9.17) is 4.74 Å². The molecule has 0 unspecified atom stereocenters. The van der Waals surface area contributed by atoms with Crippen LogP contribution in [-0.2, 0) is 0 Å². The van der Waals surface area contributed by atoms with Gasteiger partial charge in [0, 0.05) is 43.0 Å². The highest BCUT2D eigenvalue weighted by atomic mass is 19.1. The minimum absolute atomic E-state index is 0.0570. The first-order valence-electron chi connectivity index (χ1n) is 9.58. The normalized spacial score (nSPS) is 14.4. The van der Waals surface area contributed by atoms with Gasteiger partial charge in [-0.15, -0.1) is 0 Å². The zero-order valence-electron chi connectivity index (χ0n) is 16.5. The maximum atomic E-state index is 13.9. The summed E-state index contributed by atoms with van der Waals surface area (Å²) < 4.78 is 19.4. The number of amides is 2. The molecule has 2 aromatic heterocycles. The summed E-state index contributed by atoms with van der Waals surface area (Å²) in [5.74, 6) is 0.291. The number of carbonyl (C=O) groups excluding carboxylic acids is 1. The minimum atomic E-state index is -0.317. The van der Waals surface area contributed by atoms with Gasteiger partial charge in [-0.05, 0) is 54.3 Å². The molecule has 4 rings (SSSR count). The molecule has 1 aliphatic heterocycles. The summed E-state index contributed by atoms with van der Waals surface area (Å²) in [6, 6.07) is 8.35. The summed E-state index contributed by atoms with van der Waals surface area (Å²) in [7, 11) is 3.22. The van der Waals surface area contributed by atoms with Crippen LogP contribution in [0.3, 0.4) is 0 Å². The number of nitrogens with zero attached hydrogens (tertiary/aromatic N) is 2. The lowest BCUT2D eigenvalue weighted by molar-refractivity contribution is 0.203. The van der Waals surface area contributed by atoms with Gasteiger partial charge < -0.3 is 19.9 Å². The first kappa shape index (κ1) is 19.0. The number of urea groups is 1. The number of hydrogen-bond donors (Lipinski definition) is 2. The van der Waals surface area contributed by atoms with Crippen LogP contribution in [0.2, 0.25) is 0 Å². The van der Waals surface area contributed by atoms with E-state index in [0.29, 0.717) is 24.4 Å². The summed E-state index contributed by atoms with van der Waals surface area (Å²) in [5.41, 5.74) is 4.39. The van der Waals surface area contributed by atoms with E-state index in [1.165, 1.54) is 12.1 Å². The molecule has 2 amide bonds. The molecule has 1 aliphatic rings. The van der Waals surface area contributed by atoms with E-state index in [0.717, 1.165) is 40.7 Å². The highest BCUT2D eigenvalue weighted by Gasteiger charge is 2.18. The molecule has 29 heavy (non-hydrogen) atoms. The van der Waals surface area contributed by atoms with Crippen molar-refractivity contribution < 1.29 is 13.9 Å². The Kier molecular flexibility index (Phi) is 5.20. The molecular formula is C22H23FN4O2. The van der Waals surface area contributed by atoms with Crippen LogP contribution in [0.25, 0.3) is 27.7 Å². The fourth-order valence-electron chi connectivity index (χ4n) is 3.80. The second-order valence-electron chi connectivity index (χ2n) is 6.96. The highest BCUT2D eigenvalue weighted by molar-refractivity contribution is 5.96. The van der Waals surface area contributed by atoms with Gasteiger partial charge in [0.25, 0.3) is 0 Å². The molecule has 1 aromatic carbocycles. The lowest BCUT2D eigenvalue weighted by Gasteiger charge is -2.19. The molecule has 0 atom stereocenters. The summed E-state index contributed by atoms with van der Waals surface area (Å²) in [4.78, 5) is 21.6. The van der Waals surface area contributed by atoms with Gasteiger partial charge >= 0.3 is 6.03 Å². The molecule has 0 radical (unpaired) electrons. The van der Waals surface area contributed by atoms with Crippen molar-refractivity contribution in [2.75, 3.05) is 27.2 Å². The third-order valence-electron chi connectivity index (χ3n) is 5.27. The Morgan fingerprint density at radius 1 is 1.24 bits per heavy atom. The quantitative estimate of drug-likeness (QED) is 0.700. The van der Waals surface area contributed by atoms with E-state index in [1.807, 2.05) is 17.0 Å². The maximum Gasteiger partial charge on any atom is 0.317 e. The largest absolute Gasteiger partial charge is 0.496 e. The Bertz CT molecular complexity index is 1090. The molecule has 0 aliphatic carbocycles. The maximum absolute atomic E-state index is 13.9. The van der Waals surface area contributed by atoms with Gasteiger partial charge in [0.1, 0.15) is 17.2 Å². The zero-order valence-corrected chi connectivity index (χ0v) is 16.5. The zero-order chi connectivity index (χ0) is 20.4. The number of H-pyrrole nitrogens is 1. The van der Waals surface area contributed by atoms with Gasteiger partial charge in [-0.2, -0.15) is 0 Å². The van der Waals surface area contributed by atoms with Gasteiger partial charge in [0.15, 0.2) is 0 Å². The number of aromatic amines is 1. The number of rotatable bonds is 3. The number of pyridine rings is 1. The van der Waals surface area contributed by atoms with Gasteiger partial charge in [0.2, 0.25) is 0 Å². The average Bonchev–Trinajstić information content (AvgIpc) is 3.02. The number of hydrogen-bond acceptors (Lipinski definition) is 3. The predicted octanol–water partition coefficient (Wildman–Crippen LogP) is 4.20. The molecule has 3 aromatic rings. The number of halogens is 1. The molecule has 0 fully saturated rings. The lowest BCUT2D eigenvalue weighted by atomic mass is 10.0. The van der Waals surface area contributed by atoms with Crippen molar-refractivity contribution in [2.45, 2.75) is 12.8 Å². The van der Waals surface area contributed by atoms with Crippen LogP contribution >= 0.6 is 0 Å². The SMILES string of the molecule is CNC(=O)N1CCC=C(c2cc3c(-c4cc(F)ccc4OC)ccnc3[nH]2)CC1. The first-order valence-corrected chi connectivity index (χ1v) is 9.58. The second-order valence-corrected chi connectivity index (χ2v) is 6.96. The Morgan fingerprint density at radius 3 is 2.90 bits per heavy atom. The van der Waals surface area contributed by atoms with Gasteiger partial charge in [-0.1, -0.05) is 6.08 Å². The Morgan fingerprint density at radius 2 is 2.10 bits per heavy atom. The summed E-state index contributed by atoms with van der Waals surface area (Å²) in [6.07, 6.45) is 5.40. The topological polar surface area (TPSA) is 70.2 Å². The number of nitrogens with one attached hydrogen (secondary N) is 2. The van der Waals surface area contributed by atoms with Crippen LogP contribution in [0.4, 0.5) is 9.18 Å². The third kappa shape index (κ3) is 3.68. The van der Waals surface area contributed by atoms with E-state index >= 15 is 0 Å². The average molecular weight is 394 g/mol. The summed E-state index contributed by atoms with van der Waals surface area (Å²) in [5, 5.41) is 3.59. The Labute approximate surface area is 168 Å². The molecule has 6 nitrogen and oxygen atoms in total. The van der Waals surface area contributed by atoms with Crippen molar-refractivity contribution in [1.29, 1.82) is 0 Å². The minimum Gasteiger partial charge on any atom is -0.496 e. The Balaban J connectivity index is 1.71. The second kappa shape index (κ2) is 7.95. The molecular weight excluding hydrogens is 371 g/mol. The number of ether oxygens (including phenoxy) is 1. The van der Waals surface area contributed by atoms with Crippen molar-refractivity contribution in [2.24, 2.45) is 0 Å². The van der Waals surface area contributed by atoms with Gasteiger partial charge in [0.05, 0.1) is 7.11 Å². The van der Waals surface area contributed by atoms with Crippen LogP contribution in [0.5, 0.6) is 5.75 Å². The van der Waals surface area contributed by atoms with Crippen molar-refractivity contribution in [3.05, 3.63) is 54.1 Å².